The van der Waals surface area contributed by atoms with E-state index in [0.29, 0.717) is 12.8 Å². The fourth-order valence-corrected chi connectivity index (χ4v) is 2.87. The SMILES string of the molecule is CCN(CC(=O)Nc1ccccc1C(F)(F)F)C(=O)C1CCC1C(=O)O. The Morgan fingerprint density at radius 3 is 2.31 bits per heavy atom. The van der Waals surface area contributed by atoms with Crippen LogP contribution >= 0.6 is 0 Å². The number of nitrogens with one attached hydrogen (secondary N) is 1. The molecule has 0 bridgehead atoms. The lowest BCUT2D eigenvalue weighted by molar-refractivity contribution is -0.156. The fourth-order valence-electron chi connectivity index (χ4n) is 2.87. The van der Waals surface area contributed by atoms with Crippen molar-refractivity contribution in [3.8, 4) is 0 Å². The second-order valence-corrected chi connectivity index (χ2v) is 6.07. The molecule has 142 valence electrons. The summed E-state index contributed by atoms with van der Waals surface area (Å²) in [6, 6.07) is 4.55. The number of nitrogens with zero attached hydrogens (tertiary/aromatic N) is 1. The van der Waals surface area contributed by atoms with Gasteiger partial charge in [0, 0.05) is 6.54 Å². The van der Waals surface area contributed by atoms with E-state index in [-0.39, 0.29) is 12.2 Å². The molecule has 1 aliphatic carbocycles. The number of hydrogen-bond acceptors (Lipinski definition) is 3. The number of carboxylic acids is 1. The molecule has 2 rings (SSSR count). The van der Waals surface area contributed by atoms with Crippen molar-refractivity contribution in [1.82, 2.24) is 4.90 Å². The molecule has 1 fully saturated rings. The molecule has 0 radical (unpaired) electrons. The van der Waals surface area contributed by atoms with E-state index >= 15 is 0 Å². The highest BCUT2D eigenvalue weighted by Crippen LogP contribution is 2.36. The van der Waals surface area contributed by atoms with Gasteiger partial charge in [0.15, 0.2) is 0 Å². The van der Waals surface area contributed by atoms with Gasteiger partial charge in [-0.2, -0.15) is 13.2 Å². The Morgan fingerprint density at radius 2 is 1.81 bits per heavy atom. The molecular formula is C17H19F3N2O4. The van der Waals surface area contributed by atoms with Gasteiger partial charge in [0.1, 0.15) is 0 Å². The molecular weight excluding hydrogens is 353 g/mol. The summed E-state index contributed by atoms with van der Waals surface area (Å²) < 4.78 is 38.9. The molecule has 1 saturated carbocycles. The Labute approximate surface area is 148 Å². The van der Waals surface area contributed by atoms with Crippen molar-refractivity contribution < 1.29 is 32.7 Å². The number of amides is 2. The molecule has 2 unspecified atom stereocenters. The third-order valence-electron chi connectivity index (χ3n) is 4.44. The number of aliphatic carboxylic acids is 1. The second kappa shape index (κ2) is 7.76. The van der Waals surface area contributed by atoms with Crippen LogP contribution < -0.4 is 5.32 Å². The minimum Gasteiger partial charge on any atom is -0.481 e. The third kappa shape index (κ3) is 4.33. The molecule has 2 N–H and O–H groups in total. The largest absolute Gasteiger partial charge is 0.481 e. The summed E-state index contributed by atoms with van der Waals surface area (Å²) in [7, 11) is 0. The van der Waals surface area contributed by atoms with Gasteiger partial charge in [0.05, 0.1) is 29.6 Å². The summed E-state index contributed by atoms with van der Waals surface area (Å²) in [6.07, 6.45) is -3.80. The lowest BCUT2D eigenvalue weighted by Crippen LogP contribution is -2.48. The number of carbonyl (C=O) groups is 3. The van der Waals surface area contributed by atoms with Crippen LogP contribution in [0.4, 0.5) is 18.9 Å². The number of carbonyl (C=O) groups excluding carboxylic acids is 2. The summed E-state index contributed by atoms with van der Waals surface area (Å²) in [5, 5.41) is 11.2. The Hall–Kier alpha value is -2.58. The van der Waals surface area contributed by atoms with Crippen molar-refractivity contribution in [2.75, 3.05) is 18.4 Å². The van der Waals surface area contributed by atoms with E-state index in [1.54, 1.807) is 6.92 Å². The molecule has 26 heavy (non-hydrogen) atoms. The quantitative estimate of drug-likeness (QED) is 0.804. The van der Waals surface area contributed by atoms with Crippen molar-refractivity contribution >= 4 is 23.5 Å². The average Bonchev–Trinajstić information content (AvgIpc) is 2.50. The molecule has 0 spiro atoms. The van der Waals surface area contributed by atoms with Crippen molar-refractivity contribution in [3.05, 3.63) is 29.8 Å². The van der Waals surface area contributed by atoms with Crippen LogP contribution in [0.5, 0.6) is 0 Å². The standard InChI is InChI=1S/C17H19F3N2O4/c1-2-22(15(24)10-7-8-11(10)16(25)26)9-14(23)21-13-6-4-3-5-12(13)17(18,19)20/h3-6,10-11H,2,7-9H2,1H3,(H,21,23)(H,25,26). The van der Waals surface area contributed by atoms with Gasteiger partial charge in [-0.25, -0.2) is 0 Å². The van der Waals surface area contributed by atoms with Crippen LogP contribution in [0.2, 0.25) is 0 Å². The van der Waals surface area contributed by atoms with Crippen LogP contribution in [0.25, 0.3) is 0 Å². The molecule has 6 nitrogen and oxygen atoms in total. The fraction of sp³-hybridized carbons (Fsp3) is 0.471. The average molecular weight is 372 g/mol. The van der Waals surface area contributed by atoms with E-state index in [4.69, 9.17) is 5.11 Å². The van der Waals surface area contributed by atoms with Crippen LogP contribution in [-0.4, -0.2) is 40.9 Å². The summed E-state index contributed by atoms with van der Waals surface area (Å²) in [4.78, 5) is 36.7. The Morgan fingerprint density at radius 1 is 1.19 bits per heavy atom. The van der Waals surface area contributed by atoms with Crippen LogP contribution in [0.15, 0.2) is 24.3 Å². The molecule has 2 amide bonds. The van der Waals surface area contributed by atoms with Crippen LogP contribution in [-0.2, 0) is 20.6 Å². The van der Waals surface area contributed by atoms with Gasteiger partial charge in [-0.3, -0.25) is 14.4 Å². The zero-order valence-corrected chi connectivity index (χ0v) is 14.0. The molecule has 0 aromatic heterocycles. The number of halogens is 3. The summed E-state index contributed by atoms with van der Waals surface area (Å²) in [6.45, 7) is 1.32. The zero-order chi connectivity index (χ0) is 19.5. The van der Waals surface area contributed by atoms with Crippen LogP contribution in [0.3, 0.4) is 0 Å². The van der Waals surface area contributed by atoms with Gasteiger partial charge >= 0.3 is 12.1 Å². The number of anilines is 1. The van der Waals surface area contributed by atoms with Gasteiger partial charge in [0.25, 0.3) is 0 Å². The molecule has 0 aliphatic heterocycles. The van der Waals surface area contributed by atoms with Gasteiger partial charge in [-0.1, -0.05) is 12.1 Å². The second-order valence-electron chi connectivity index (χ2n) is 6.07. The zero-order valence-electron chi connectivity index (χ0n) is 14.0. The monoisotopic (exact) mass is 372 g/mol. The predicted octanol–water partition coefficient (Wildman–Crippen LogP) is 2.60. The minimum atomic E-state index is -4.62. The number of para-hydroxylation sites is 1. The topological polar surface area (TPSA) is 86.7 Å². The minimum absolute atomic E-state index is 0.149. The number of carboxylic acid groups (broad SMARTS) is 1. The first kappa shape index (κ1) is 19.7. The maximum absolute atomic E-state index is 13.0. The first-order valence-corrected chi connectivity index (χ1v) is 8.12. The Balaban J connectivity index is 2.04. The number of benzene rings is 1. The molecule has 0 saturated heterocycles. The van der Waals surface area contributed by atoms with Crippen LogP contribution in [0, 0.1) is 11.8 Å². The molecule has 1 aliphatic rings. The molecule has 2 atom stereocenters. The maximum Gasteiger partial charge on any atom is 0.418 e. The maximum atomic E-state index is 13.0. The smallest absolute Gasteiger partial charge is 0.418 e. The van der Waals surface area contributed by atoms with E-state index in [9.17, 15) is 27.6 Å². The van der Waals surface area contributed by atoms with E-state index in [1.807, 2.05) is 0 Å². The van der Waals surface area contributed by atoms with Crippen molar-refractivity contribution in [3.63, 3.8) is 0 Å². The highest BCUT2D eigenvalue weighted by atomic mass is 19.4. The van der Waals surface area contributed by atoms with Crippen LogP contribution in [0.1, 0.15) is 25.3 Å². The number of rotatable bonds is 6. The molecule has 1 aromatic rings. The molecule has 0 heterocycles. The van der Waals surface area contributed by atoms with E-state index < -0.39 is 47.9 Å². The lowest BCUT2D eigenvalue weighted by atomic mass is 9.73. The van der Waals surface area contributed by atoms with Gasteiger partial charge < -0.3 is 15.3 Å². The first-order valence-electron chi connectivity index (χ1n) is 8.12. The van der Waals surface area contributed by atoms with E-state index in [1.165, 1.54) is 12.1 Å². The lowest BCUT2D eigenvalue weighted by Gasteiger charge is -2.35. The normalized spacial score (nSPS) is 19.4. The van der Waals surface area contributed by atoms with Crippen molar-refractivity contribution in [2.45, 2.75) is 25.9 Å². The highest BCUT2D eigenvalue weighted by Gasteiger charge is 2.43. The van der Waals surface area contributed by atoms with Crippen molar-refractivity contribution in [1.29, 1.82) is 0 Å². The Kier molecular flexibility index (Phi) is 5.89. The number of likely N-dealkylation sites (N-methyl/N-ethyl adjacent to an activating group) is 1. The van der Waals surface area contributed by atoms with Gasteiger partial charge in [-0.15, -0.1) is 0 Å². The van der Waals surface area contributed by atoms with Gasteiger partial charge in [0.2, 0.25) is 11.8 Å². The summed E-state index contributed by atoms with van der Waals surface area (Å²) in [5.41, 5.74) is -1.37. The van der Waals surface area contributed by atoms with E-state index in [0.717, 1.165) is 17.0 Å². The number of alkyl halides is 3. The highest BCUT2D eigenvalue weighted by molar-refractivity contribution is 5.96. The first-order chi connectivity index (χ1) is 12.1. The summed E-state index contributed by atoms with van der Waals surface area (Å²) in [5.74, 6) is -3.77. The summed E-state index contributed by atoms with van der Waals surface area (Å²) >= 11 is 0. The van der Waals surface area contributed by atoms with E-state index in [2.05, 4.69) is 5.32 Å². The molecule has 1 aromatic carbocycles. The number of hydrogen-bond donors (Lipinski definition) is 2. The Bertz CT molecular complexity index is 705. The van der Waals surface area contributed by atoms with Gasteiger partial charge in [-0.05, 0) is 31.9 Å². The molecule has 9 heteroatoms. The predicted molar refractivity (Wildman–Crippen MR) is 86.2 cm³/mol. The third-order valence-corrected chi connectivity index (χ3v) is 4.44. The van der Waals surface area contributed by atoms with Crippen molar-refractivity contribution in [2.24, 2.45) is 11.8 Å².